The van der Waals surface area contributed by atoms with Crippen molar-refractivity contribution in [3.8, 4) is 6.07 Å². The molecule has 0 aliphatic heterocycles. The van der Waals surface area contributed by atoms with Gasteiger partial charge < -0.3 is 0 Å². The molecule has 132 valence electrons. The van der Waals surface area contributed by atoms with Gasteiger partial charge in [0.2, 0.25) is 10.0 Å². The van der Waals surface area contributed by atoms with Crippen molar-refractivity contribution in [1.82, 2.24) is 9.29 Å². The van der Waals surface area contributed by atoms with E-state index in [-0.39, 0.29) is 24.4 Å². The summed E-state index contributed by atoms with van der Waals surface area (Å²) in [4.78, 5) is 4.29. The number of pyridine rings is 1. The van der Waals surface area contributed by atoms with Crippen LogP contribution in [0.3, 0.4) is 0 Å². The number of rotatable bonds is 9. The molecule has 2 aromatic rings. The molecular formula is C19H23N3O2S. The van der Waals surface area contributed by atoms with Crippen LogP contribution in [0.5, 0.6) is 0 Å². The molecule has 0 radical (unpaired) electrons. The second kappa shape index (κ2) is 9.30. The van der Waals surface area contributed by atoms with Crippen molar-refractivity contribution < 1.29 is 8.42 Å². The zero-order valence-corrected chi connectivity index (χ0v) is 15.2. The number of hydrogen-bond acceptors (Lipinski definition) is 4. The first-order valence-electron chi connectivity index (χ1n) is 8.43. The Hall–Kier alpha value is -2.23. The zero-order chi connectivity index (χ0) is 18.1. The van der Waals surface area contributed by atoms with Crippen molar-refractivity contribution in [2.45, 2.75) is 44.0 Å². The van der Waals surface area contributed by atoms with E-state index in [9.17, 15) is 8.42 Å². The summed E-state index contributed by atoms with van der Waals surface area (Å²) in [7, 11) is -3.65. The molecule has 5 nitrogen and oxygen atoms in total. The number of aromatic nitrogens is 1. The van der Waals surface area contributed by atoms with Gasteiger partial charge in [-0.1, -0.05) is 31.5 Å². The Morgan fingerprint density at radius 1 is 1.16 bits per heavy atom. The van der Waals surface area contributed by atoms with Crippen molar-refractivity contribution >= 4 is 10.0 Å². The number of unbranched alkanes of at least 4 members (excludes halogenated alkanes) is 1. The van der Waals surface area contributed by atoms with Crippen molar-refractivity contribution in [3.63, 3.8) is 0 Å². The minimum Gasteiger partial charge on any atom is -0.264 e. The van der Waals surface area contributed by atoms with Crippen molar-refractivity contribution in [2.24, 2.45) is 0 Å². The highest BCUT2D eigenvalue weighted by Gasteiger charge is 2.24. The van der Waals surface area contributed by atoms with Gasteiger partial charge in [-0.25, -0.2) is 8.42 Å². The molecule has 0 N–H and O–H groups in total. The molecule has 0 saturated carbocycles. The van der Waals surface area contributed by atoms with Crippen LogP contribution in [0.15, 0.2) is 53.7 Å². The first-order chi connectivity index (χ1) is 12.1. The lowest BCUT2D eigenvalue weighted by atomic mass is 10.1. The third kappa shape index (κ3) is 5.38. The summed E-state index contributed by atoms with van der Waals surface area (Å²) in [6.45, 7) is 2.49. The molecule has 0 saturated heterocycles. The van der Waals surface area contributed by atoms with Gasteiger partial charge in [-0.15, -0.1) is 0 Å². The Balaban J connectivity index is 2.23. The molecule has 6 heteroatoms. The van der Waals surface area contributed by atoms with Crippen LogP contribution in [0, 0.1) is 11.3 Å². The summed E-state index contributed by atoms with van der Waals surface area (Å²) in [5, 5.41) is 8.85. The van der Waals surface area contributed by atoms with Crippen molar-refractivity contribution in [1.29, 1.82) is 5.26 Å². The summed E-state index contributed by atoms with van der Waals surface area (Å²) in [5.41, 5.74) is 1.93. The Morgan fingerprint density at radius 2 is 1.92 bits per heavy atom. The standard InChI is InChI=1S/C19H23N3O2S/c1-2-3-6-17-8-10-19(11-9-17)25(23,24)22(14-5-12-20)16-18-7-4-13-21-15-18/h4,7-11,13,15H,2-3,5-6,14,16H2,1H3. The Kier molecular flexibility index (Phi) is 7.11. The maximum absolute atomic E-state index is 13.0. The van der Waals surface area contributed by atoms with Crippen molar-refractivity contribution in [3.05, 3.63) is 59.9 Å². The van der Waals surface area contributed by atoms with E-state index in [2.05, 4.69) is 11.9 Å². The van der Waals surface area contributed by atoms with E-state index < -0.39 is 10.0 Å². The number of hydrogen-bond donors (Lipinski definition) is 0. The molecular weight excluding hydrogens is 334 g/mol. The van der Waals surface area contributed by atoms with E-state index in [1.807, 2.05) is 24.3 Å². The maximum atomic E-state index is 13.0. The molecule has 0 spiro atoms. The monoisotopic (exact) mass is 357 g/mol. The molecule has 2 rings (SSSR count). The van der Waals surface area contributed by atoms with E-state index in [1.54, 1.807) is 30.6 Å². The normalized spacial score (nSPS) is 11.4. The Morgan fingerprint density at radius 3 is 2.52 bits per heavy atom. The third-order valence-corrected chi connectivity index (χ3v) is 5.79. The molecule has 0 unspecified atom stereocenters. The largest absolute Gasteiger partial charge is 0.264 e. The summed E-state index contributed by atoms with van der Waals surface area (Å²) in [6, 6.07) is 12.7. The number of benzene rings is 1. The van der Waals surface area contributed by atoms with Gasteiger partial charge in [0.25, 0.3) is 0 Å². The smallest absolute Gasteiger partial charge is 0.243 e. The van der Waals surface area contributed by atoms with Crippen LogP contribution in [0.2, 0.25) is 0 Å². The lowest BCUT2D eigenvalue weighted by Crippen LogP contribution is -2.31. The highest BCUT2D eigenvalue weighted by atomic mass is 32.2. The number of nitrogens with zero attached hydrogens (tertiary/aromatic N) is 3. The van der Waals surface area contributed by atoms with Gasteiger partial charge in [0.1, 0.15) is 0 Å². The average Bonchev–Trinajstić information content (AvgIpc) is 2.64. The number of sulfonamides is 1. The zero-order valence-electron chi connectivity index (χ0n) is 14.4. The minimum atomic E-state index is -3.65. The predicted octanol–water partition coefficient (Wildman–Crippen LogP) is 3.53. The summed E-state index contributed by atoms with van der Waals surface area (Å²) < 4.78 is 27.3. The Bertz CT molecular complexity index is 797. The molecule has 1 heterocycles. The maximum Gasteiger partial charge on any atom is 0.243 e. The van der Waals surface area contributed by atoms with Gasteiger partial charge in [0.15, 0.2) is 0 Å². The molecule has 0 fully saturated rings. The fraction of sp³-hybridized carbons (Fsp3) is 0.368. The van der Waals surface area contributed by atoms with Gasteiger partial charge >= 0.3 is 0 Å². The van der Waals surface area contributed by atoms with Gasteiger partial charge in [0.05, 0.1) is 11.0 Å². The molecule has 0 atom stereocenters. The van der Waals surface area contributed by atoms with Crippen LogP contribution in [0.1, 0.15) is 37.3 Å². The van der Waals surface area contributed by atoms with Crippen LogP contribution in [-0.2, 0) is 23.0 Å². The van der Waals surface area contributed by atoms with Gasteiger partial charge in [0, 0.05) is 31.9 Å². The van der Waals surface area contributed by atoms with E-state index in [4.69, 9.17) is 5.26 Å². The molecule has 1 aromatic carbocycles. The fourth-order valence-electron chi connectivity index (χ4n) is 2.51. The third-order valence-electron chi connectivity index (χ3n) is 3.93. The lowest BCUT2D eigenvalue weighted by Gasteiger charge is -2.21. The van der Waals surface area contributed by atoms with Crippen LogP contribution >= 0.6 is 0 Å². The average molecular weight is 357 g/mol. The quantitative estimate of drug-likeness (QED) is 0.688. The van der Waals surface area contributed by atoms with E-state index in [1.165, 1.54) is 4.31 Å². The topological polar surface area (TPSA) is 74.1 Å². The first kappa shape index (κ1) is 19.1. The van der Waals surface area contributed by atoms with Gasteiger partial charge in [-0.3, -0.25) is 4.98 Å². The second-order valence-corrected chi connectivity index (χ2v) is 7.79. The Labute approximate surface area is 150 Å². The summed E-state index contributed by atoms with van der Waals surface area (Å²) >= 11 is 0. The number of nitriles is 1. The van der Waals surface area contributed by atoms with Crippen LogP contribution in [-0.4, -0.2) is 24.3 Å². The van der Waals surface area contributed by atoms with Crippen LogP contribution in [0.25, 0.3) is 0 Å². The van der Waals surface area contributed by atoms with Crippen molar-refractivity contribution in [2.75, 3.05) is 6.54 Å². The molecule has 0 amide bonds. The van der Waals surface area contributed by atoms with Crippen LogP contribution < -0.4 is 0 Å². The van der Waals surface area contributed by atoms with Gasteiger partial charge in [-0.05, 0) is 42.2 Å². The highest BCUT2D eigenvalue weighted by molar-refractivity contribution is 7.89. The molecule has 25 heavy (non-hydrogen) atoms. The van der Waals surface area contributed by atoms with Gasteiger partial charge in [-0.2, -0.15) is 9.57 Å². The lowest BCUT2D eigenvalue weighted by molar-refractivity contribution is 0.413. The SMILES string of the molecule is CCCCc1ccc(S(=O)(=O)N(CCC#N)Cc2cccnc2)cc1. The van der Waals surface area contributed by atoms with E-state index in [0.29, 0.717) is 0 Å². The second-order valence-electron chi connectivity index (χ2n) is 5.86. The summed E-state index contributed by atoms with van der Waals surface area (Å²) in [5.74, 6) is 0. The fourth-order valence-corrected chi connectivity index (χ4v) is 3.94. The first-order valence-corrected chi connectivity index (χ1v) is 9.87. The molecule has 1 aromatic heterocycles. The summed E-state index contributed by atoms with van der Waals surface area (Å²) in [6.07, 6.45) is 6.57. The predicted molar refractivity (Wildman–Crippen MR) is 97.1 cm³/mol. The van der Waals surface area contributed by atoms with E-state index >= 15 is 0 Å². The van der Waals surface area contributed by atoms with Crippen LogP contribution in [0.4, 0.5) is 0 Å². The molecule has 0 aliphatic rings. The van der Waals surface area contributed by atoms with E-state index in [0.717, 1.165) is 30.4 Å². The molecule has 0 aliphatic carbocycles. The minimum absolute atomic E-state index is 0.147. The molecule has 0 bridgehead atoms. The number of aryl methyl sites for hydroxylation is 1. The highest BCUT2D eigenvalue weighted by Crippen LogP contribution is 2.20.